The highest BCUT2D eigenvalue weighted by atomic mass is 16.3. The summed E-state index contributed by atoms with van der Waals surface area (Å²) in [5.41, 5.74) is 0.706. The van der Waals surface area contributed by atoms with Crippen molar-refractivity contribution in [1.82, 2.24) is 9.78 Å². The van der Waals surface area contributed by atoms with E-state index in [1.807, 2.05) is 13.8 Å². The lowest BCUT2D eigenvalue weighted by atomic mass is 10.0. The molecule has 0 aromatic carbocycles. The Kier molecular flexibility index (Phi) is 3.41. The van der Waals surface area contributed by atoms with Crippen molar-refractivity contribution in [2.24, 2.45) is 13.0 Å². The second-order valence-electron chi connectivity index (χ2n) is 3.81. The number of Topliss-reactive ketones (excluding diaryl/α,β-unsaturated/α-hetero) is 1. The Hall–Kier alpha value is -1.16. The zero-order chi connectivity index (χ0) is 10.7. The highest BCUT2D eigenvalue weighted by Gasteiger charge is 2.19. The van der Waals surface area contributed by atoms with E-state index in [0.717, 1.165) is 0 Å². The summed E-state index contributed by atoms with van der Waals surface area (Å²) in [5, 5.41) is 13.6. The molecule has 0 aliphatic rings. The number of nitrogens with zero attached hydrogens (tertiary/aromatic N) is 2. The average molecular weight is 196 g/mol. The largest absolute Gasteiger partial charge is 0.385 e. The summed E-state index contributed by atoms with van der Waals surface area (Å²) in [7, 11) is 1.80. The van der Waals surface area contributed by atoms with E-state index in [4.69, 9.17) is 0 Å². The number of aromatic nitrogens is 2. The zero-order valence-corrected chi connectivity index (χ0v) is 8.77. The molecular weight excluding hydrogens is 180 g/mol. The summed E-state index contributed by atoms with van der Waals surface area (Å²) in [6.45, 7) is 3.64. The van der Waals surface area contributed by atoms with E-state index in [0.29, 0.717) is 5.69 Å². The first kappa shape index (κ1) is 10.9. The van der Waals surface area contributed by atoms with Gasteiger partial charge in [0.05, 0.1) is 12.1 Å². The molecule has 1 atom stereocenters. The lowest BCUT2D eigenvalue weighted by molar-refractivity contribution is -0.128. The van der Waals surface area contributed by atoms with Crippen molar-refractivity contribution in [2.75, 3.05) is 0 Å². The SMILES string of the molecule is CC(C)C(O)C(=O)Cc1ccn(C)n1. The molecule has 0 bridgehead atoms. The molecular formula is C10H16N2O2. The molecule has 1 aromatic heterocycles. The van der Waals surface area contributed by atoms with Crippen LogP contribution in [0.5, 0.6) is 0 Å². The van der Waals surface area contributed by atoms with Crippen LogP contribution in [0.1, 0.15) is 19.5 Å². The minimum atomic E-state index is -0.878. The number of rotatable bonds is 4. The van der Waals surface area contributed by atoms with Crippen LogP contribution in [0.3, 0.4) is 0 Å². The maximum Gasteiger partial charge on any atom is 0.167 e. The quantitative estimate of drug-likeness (QED) is 0.765. The van der Waals surface area contributed by atoms with Crippen molar-refractivity contribution in [3.05, 3.63) is 18.0 Å². The van der Waals surface area contributed by atoms with E-state index >= 15 is 0 Å². The Morgan fingerprint density at radius 1 is 1.64 bits per heavy atom. The zero-order valence-electron chi connectivity index (χ0n) is 8.77. The summed E-state index contributed by atoms with van der Waals surface area (Å²) >= 11 is 0. The van der Waals surface area contributed by atoms with Gasteiger partial charge in [-0.15, -0.1) is 0 Å². The maximum absolute atomic E-state index is 11.5. The smallest absolute Gasteiger partial charge is 0.167 e. The first-order valence-corrected chi connectivity index (χ1v) is 4.70. The van der Waals surface area contributed by atoms with Crippen molar-refractivity contribution in [1.29, 1.82) is 0 Å². The molecule has 0 radical (unpaired) electrons. The fourth-order valence-electron chi connectivity index (χ4n) is 1.21. The molecule has 0 saturated heterocycles. The predicted molar refractivity (Wildman–Crippen MR) is 52.8 cm³/mol. The van der Waals surface area contributed by atoms with Gasteiger partial charge in [-0.2, -0.15) is 5.10 Å². The predicted octanol–water partition coefficient (Wildman–Crippen LogP) is 0.549. The van der Waals surface area contributed by atoms with Crippen LogP contribution >= 0.6 is 0 Å². The van der Waals surface area contributed by atoms with Gasteiger partial charge in [-0.05, 0) is 12.0 Å². The van der Waals surface area contributed by atoms with Crippen molar-refractivity contribution in [2.45, 2.75) is 26.4 Å². The normalized spacial score (nSPS) is 13.2. The van der Waals surface area contributed by atoms with Gasteiger partial charge in [-0.3, -0.25) is 9.48 Å². The number of hydrogen-bond donors (Lipinski definition) is 1. The van der Waals surface area contributed by atoms with E-state index in [-0.39, 0.29) is 18.1 Å². The molecule has 78 valence electrons. The number of aliphatic hydroxyl groups excluding tert-OH is 1. The number of ketones is 1. The molecule has 1 N–H and O–H groups in total. The second-order valence-corrected chi connectivity index (χ2v) is 3.81. The summed E-state index contributed by atoms with van der Waals surface area (Å²) in [6, 6.07) is 1.78. The molecule has 4 heteroatoms. The number of hydrogen-bond acceptors (Lipinski definition) is 3. The number of aliphatic hydroxyl groups is 1. The van der Waals surface area contributed by atoms with E-state index < -0.39 is 6.10 Å². The molecule has 0 spiro atoms. The maximum atomic E-state index is 11.5. The minimum Gasteiger partial charge on any atom is -0.385 e. The third-order valence-corrected chi connectivity index (χ3v) is 2.09. The van der Waals surface area contributed by atoms with Crippen LogP contribution in [-0.2, 0) is 18.3 Å². The Bertz CT molecular complexity index is 318. The molecule has 0 aliphatic heterocycles. The summed E-state index contributed by atoms with van der Waals surface area (Å²) in [4.78, 5) is 11.5. The molecule has 0 fully saturated rings. The Balaban J connectivity index is 2.57. The Labute approximate surface area is 83.5 Å². The molecule has 14 heavy (non-hydrogen) atoms. The van der Waals surface area contributed by atoms with Crippen LogP contribution in [0.4, 0.5) is 0 Å². The molecule has 1 aromatic rings. The summed E-state index contributed by atoms with van der Waals surface area (Å²) in [6.07, 6.45) is 1.11. The minimum absolute atomic E-state index is 0.0359. The number of carbonyl (C=O) groups excluding carboxylic acids is 1. The Morgan fingerprint density at radius 2 is 2.29 bits per heavy atom. The van der Waals surface area contributed by atoms with Gasteiger partial charge >= 0.3 is 0 Å². The van der Waals surface area contributed by atoms with Crippen molar-refractivity contribution >= 4 is 5.78 Å². The molecule has 1 heterocycles. The molecule has 4 nitrogen and oxygen atoms in total. The highest BCUT2D eigenvalue weighted by molar-refractivity contribution is 5.84. The van der Waals surface area contributed by atoms with Gasteiger partial charge in [-0.1, -0.05) is 13.8 Å². The first-order chi connectivity index (χ1) is 6.50. The van der Waals surface area contributed by atoms with Gasteiger partial charge in [0.1, 0.15) is 6.10 Å². The van der Waals surface area contributed by atoms with Crippen molar-refractivity contribution in [3.63, 3.8) is 0 Å². The standard InChI is InChI=1S/C10H16N2O2/c1-7(2)10(14)9(13)6-8-4-5-12(3)11-8/h4-5,7,10,14H,6H2,1-3H3. The molecule has 0 aliphatic carbocycles. The van der Waals surface area contributed by atoms with Crippen LogP contribution in [0.2, 0.25) is 0 Å². The van der Waals surface area contributed by atoms with Crippen LogP contribution in [0, 0.1) is 5.92 Å². The van der Waals surface area contributed by atoms with Crippen molar-refractivity contribution < 1.29 is 9.90 Å². The van der Waals surface area contributed by atoms with Gasteiger partial charge in [0.2, 0.25) is 0 Å². The molecule has 0 amide bonds. The van der Waals surface area contributed by atoms with Crippen LogP contribution in [-0.4, -0.2) is 26.8 Å². The van der Waals surface area contributed by atoms with E-state index in [1.54, 1.807) is 24.0 Å². The second kappa shape index (κ2) is 4.37. The lowest BCUT2D eigenvalue weighted by Gasteiger charge is -2.11. The fourth-order valence-corrected chi connectivity index (χ4v) is 1.21. The molecule has 1 rings (SSSR count). The number of aryl methyl sites for hydroxylation is 1. The number of carbonyl (C=O) groups is 1. The Morgan fingerprint density at radius 3 is 2.71 bits per heavy atom. The summed E-state index contributed by atoms with van der Waals surface area (Å²) in [5.74, 6) is -0.204. The average Bonchev–Trinajstić information content (AvgIpc) is 2.49. The third-order valence-electron chi connectivity index (χ3n) is 2.09. The van der Waals surface area contributed by atoms with Crippen molar-refractivity contribution in [3.8, 4) is 0 Å². The van der Waals surface area contributed by atoms with Gasteiger partial charge in [0.25, 0.3) is 0 Å². The third kappa shape index (κ3) is 2.67. The van der Waals surface area contributed by atoms with Crippen LogP contribution in [0.15, 0.2) is 12.3 Å². The molecule has 1 unspecified atom stereocenters. The fraction of sp³-hybridized carbons (Fsp3) is 0.600. The van der Waals surface area contributed by atoms with Gasteiger partial charge < -0.3 is 5.11 Å². The highest BCUT2D eigenvalue weighted by Crippen LogP contribution is 2.06. The topological polar surface area (TPSA) is 55.1 Å². The lowest BCUT2D eigenvalue weighted by Crippen LogP contribution is -2.27. The van der Waals surface area contributed by atoms with E-state index in [1.165, 1.54) is 0 Å². The van der Waals surface area contributed by atoms with Gasteiger partial charge in [0.15, 0.2) is 5.78 Å². The van der Waals surface area contributed by atoms with E-state index in [9.17, 15) is 9.90 Å². The van der Waals surface area contributed by atoms with E-state index in [2.05, 4.69) is 5.10 Å². The first-order valence-electron chi connectivity index (χ1n) is 4.70. The van der Waals surface area contributed by atoms with Crippen LogP contribution < -0.4 is 0 Å². The van der Waals surface area contributed by atoms with Gasteiger partial charge in [0, 0.05) is 13.2 Å². The summed E-state index contributed by atoms with van der Waals surface area (Å²) < 4.78 is 1.64. The molecule has 0 saturated carbocycles. The van der Waals surface area contributed by atoms with Gasteiger partial charge in [-0.25, -0.2) is 0 Å². The monoisotopic (exact) mass is 196 g/mol. The van der Waals surface area contributed by atoms with Crippen LogP contribution in [0.25, 0.3) is 0 Å².